The van der Waals surface area contributed by atoms with Crippen LogP contribution in [0.4, 0.5) is 0 Å². The van der Waals surface area contributed by atoms with Crippen molar-refractivity contribution in [3.63, 3.8) is 0 Å². The Balaban J connectivity index is 1.39. The van der Waals surface area contributed by atoms with Gasteiger partial charge in [0.2, 0.25) is 0 Å². The molecule has 2 N–H and O–H groups in total. The molecule has 0 aromatic heterocycles. The Morgan fingerprint density at radius 2 is 1.77 bits per heavy atom. The number of nitrogens with zero attached hydrogens (tertiary/aromatic N) is 1. The highest BCUT2D eigenvalue weighted by atomic mass is 15.1. The number of benzene rings is 1. The van der Waals surface area contributed by atoms with Gasteiger partial charge in [0.05, 0.1) is 0 Å². The van der Waals surface area contributed by atoms with Gasteiger partial charge in [0, 0.05) is 13.1 Å². The highest BCUT2D eigenvalue weighted by molar-refractivity contribution is 5.22. The molecule has 1 unspecified atom stereocenters. The van der Waals surface area contributed by atoms with Crippen molar-refractivity contribution in [3.8, 4) is 0 Å². The van der Waals surface area contributed by atoms with E-state index >= 15 is 0 Å². The molecular weight excluding hydrogens is 270 g/mol. The standard InChI is InChI=1S/C19H31N3/c1-2-11-22(12-3-1)16-18-8-6-17(7-9-18)13-21-15-19-5-4-10-20-14-19/h6-9,19-21H,1-5,10-16H2. The van der Waals surface area contributed by atoms with Crippen molar-refractivity contribution in [2.45, 2.75) is 45.2 Å². The van der Waals surface area contributed by atoms with Gasteiger partial charge in [0.25, 0.3) is 0 Å². The van der Waals surface area contributed by atoms with Crippen LogP contribution in [0, 0.1) is 5.92 Å². The lowest BCUT2D eigenvalue weighted by Gasteiger charge is -2.26. The van der Waals surface area contributed by atoms with E-state index in [9.17, 15) is 0 Å². The van der Waals surface area contributed by atoms with Gasteiger partial charge < -0.3 is 10.6 Å². The first-order chi connectivity index (χ1) is 10.9. The van der Waals surface area contributed by atoms with Crippen molar-refractivity contribution in [3.05, 3.63) is 35.4 Å². The molecule has 0 aliphatic carbocycles. The fraction of sp³-hybridized carbons (Fsp3) is 0.684. The Morgan fingerprint density at radius 3 is 2.50 bits per heavy atom. The first kappa shape index (κ1) is 16.0. The van der Waals surface area contributed by atoms with Crippen LogP contribution in [0.15, 0.2) is 24.3 Å². The summed E-state index contributed by atoms with van der Waals surface area (Å²) in [5, 5.41) is 7.11. The third-order valence-electron chi connectivity index (χ3n) is 5.04. The topological polar surface area (TPSA) is 27.3 Å². The summed E-state index contributed by atoms with van der Waals surface area (Å²) < 4.78 is 0. The van der Waals surface area contributed by atoms with Gasteiger partial charge in [-0.1, -0.05) is 30.7 Å². The van der Waals surface area contributed by atoms with Crippen molar-refractivity contribution in [2.75, 3.05) is 32.7 Å². The zero-order valence-corrected chi connectivity index (χ0v) is 13.8. The SMILES string of the molecule is c1cc(CN2CCCCC2)ccc1CNCC1CCCNC1. The molecule has 2 fully saturated rings. The molecule has 0 saturated carbocycles. The lowest BCUT2D eigenvalue weighted by molar-refractivity contribution is 0.221. The van der Waals surface area contributed by atoms with Gasteiger partial charge in [-0.15, -0.1) is 0 Å². The van der Waals surface area contributed by atoms with Crippen molar-refractivity contribution in [2.24, 2.45) is 5.92 Å². The molecule has 1 aromatic carbocycles. The van der Waals surface area contributed by atoms with Crippen LogP contribution in [-0.4, -0.2) is 37.6 Å². The average Bonchev–Trinajstić information content (AvgIpc) is 2.58. The Bertz CT molecular complexity index is 417. The lowest BCUT2D eigenvalue weighted by Crippen LogP contribution is -2.35. The van der Waals surface area contributed by atoms with Crippen molar-refractivity contribution >= 4 is 0 Å². The van der Waals surface area contributed by atoms with Crippen LogP contribution in [0.25, 0.3) is 0 Å². The van der Waals surface area contributed by atoms with E-state index in [0.29, 0.717) is 0 Å². The quantitative estimate of drug-likeness (QED) is 0.846. The van der Waals surface area contributed by atoms with E-state index in [4.69, 9.17) is 0 Å². The number of piperidine rings is 2. The molecule has 2 aliphatic rings. The molecular formula is C19H31N3. The average molecular weight is 301 g/mol. The smallest absolute Gasteiger partial charge is 0.0233 e. The molecule has 22 heavy (non-hydrogen) atoms. The predicted molar refractivity (Wildman–Crippen MR) is 92.9 cm³/mol. The second-order valence-corrected chi connectivity index (χ2v) is 7.00. The number of likely N-dealkylation sites (tertiary alicyclic amines) is 1. The first-order valence-corrected chi connectivity index (χ1v) is 9.12. The van der Waals surface area contributed by atoms with Crippen molar-refractivity contribution in [1.29, 1.82) is 0 Å². The molecule has 122 valence electrons. The van der Waals surface area contributed by atoms with E-state index in [2.05, 4.69) is 39.8 Å². The van der Waals surface area contributed by atoms with Gasteiger partial charge >= 0.3 is 0 Å². The molecule has 2 aliphatic heterocycles. The summed E-state index contributed by atoms with van der Waals surface area (Å²) in [7, 11) is 0. The van der Waals surface area contributed by atoms with E-state index < -0.39 is 0 Å². The van der Waals surface area contributed by atoms with Crippen LogP contribution in [0.5, 0.6) is 0 Å². The maximum absolute atomic E-state index is 3.62. The summed E-state index contributed by atoms with van der Waals surface area (Å²) >= 11 is 0. The molecule has 1 atom stereocenters. The van der Waals surface area contributed by atoms with Crippen LogP contribution in [-0.2, 0) is 13.1 Å². The van der Waals surface area contributed by atoms with Crippen molar-refractivity contribution < 1.29 is 0 Å². The van der Waals surface area contributed by atoms with Gasteiger partial charge in [-0.25, -0.2) is 0 Å². The van der Waals surface area contributed by atoms with Gasteiger partial charge in [-0.2, -0.15) is 0 Å². The predicted octanol–water partition coefficient (Wildman–Crippen LogP) is 2.76. The van der Waals surface area contributed by atoms with E-state index in [1.807, 2.05) is 0 Å². The van der Waals surface area contributed by atoms with Crippen LogP contribution >= 0.6 is 0 Å². The second-order valence-electron chi connectivity index (χ2n) is 7.00. The second kappa shape index (κ2) is 8.66. The Labute approximate surface area is 135 Å². The molecule has 2 heterocycles. The van der Waals surface area contributed by atoms with Gasteiger partial charge in [0.15, 0.2) is 0 Å². The lowest BCUT2D eigenvalue weighted by atomic mass is 10.00. The minimum absolute atomic E-state index is 0.812. The summed E-state index contributed by atoms with van der Waals surface area (Å²) in [6.07, 6.45) is 6.86. The zero-order valence-electron chi connectivity index (χ0n) is 13.8. The Morgan fingerprint density at radius 1 is 1.00 bits per heavy atom. The van der Waals surface area contributed by atoms with Crippen LogP contribution in [0.3, 0.4) is 0 Å². The first-order valence-electron chi connectivity index (χ1n) is 9.12. The maximum atomic E-state index is 3.62. The van der Waals surface area contributed by atoms with Crippen LogP contribution < -0.4 is 10.6 Å². The Hall–Kier alpha value is -0.900. The minimum atomic E-state index is 0.812. The fourth-order valence-corrected chi connectivity index (χ4v) is 3.66. The molecule has 3 nitrogen and oxygen atoms in total. The summed E-state index contributed by atoms with van der Waals surface area (Å²) in [4.78, 5) is 2.59. The number of hydrogen-bond acceptors (Lipinski definition) is 3. The van der Waals surface area contributed by atoms with Gasteiger partial charge in [-0.05, 0) is 75.5 Å². The molecule has 0 spiro atoms. The Kier molecular flexibility index (Phi) is 6.29. The number of rotatable bonds is 6. The summed E-state index contributed by atoms with van der Waals surface area (Å²) in [6, 6.07) is 9.22. The van der Waals surface area contributed by atoms with Crippen LogP contribution in [0.2, 0.25) is 0 Å². The van der Waals surface area contributed by atoms with E-state index in [1.54, 1.807) is 0 Å². The fourth-order valence-electron chi connectivity index (χ4n) is 3.66. The largest absolute Gasteiger partial charge is 0.316 e. The molecule has 3 rings (SSSR count). The zero-order chi connectivity index (χ0) is 15.0. The van der Waals surface area contributed by atoms with E-state index in [1.165, 1.54) is 69.4 Å². The normalized spacial score (nSPS) is 23.5. The number of hydrogen-bond donors (Lipinski definition) is 2. The molecule has 3 heteroatoms. The molecule has 0 amide bonds. The molecule has 2 saturated heterocycles. The van der Waals surface area contributed by atoms with E-state index in [0.717, 1.165) is 25.6 Å². The van der Waals surface area contributed by atoms with E-state index in [-0.39, 0.29) is 0 Å². The molecule has 0 radical (unpaired) electrons. The third-order valence-corrected chi connectivity index (χ3v) is 5.04. The van der Waals surface area contributed by atoms with Crippen molar-refractivity contribution in [1.82, 2.24) is 15.5 Å². The third kappa shape index (κ3) is 5.08. The van der Waals surface area contributed by atoms with Gasteiger partial charge in [-0.3, -0.25) is 4.90 Å². The highest BCUT2D eigenvalue weighted by Gasteiger charge is 2.12. The molecule has 1 aromatic rings. The maximum Gasteiger partial charge on any atom is 0.0233 e. The summed E-state index contributed by atoms with van der Waals surface area (Å²) in [5.74, 6) is 0.812. The number of nitrogens with one attached hydrogen (secondary N) is 2. The minimum Gasteiger partial charge on any atom is -0.316 e. The summed E-state index contributed by atoms with van der Waals surface area (Å²) in [5.41, 5.74) is 2.87. The molecule has 0 bridgehead atoms. The highest BCUT2D eigenvalue weighted by Crippen LogP contribution is 2.14. The monoisotopic (exact) mass is 301 g/mol. The van der Waals surface area contributed by atoms with Gasteiger partial charge in [0.1, 0.15) is 0 Å². The summed E-state index contributed by atoms with van der Waals surface area (Å²) in [6.45, 7) is 8.21. The van der Waals surface area contributed by atoms with Crippen LogP contribution in [0.1, 0.15) is 43.2 Å².